The molecule has 74 valence electrons. The van der Waals surface area contributed by atoms with Gasteiger partial charge in [-0.2, -0.15) is 0 Å². The fraction of sp³-hybridized carbons (Fsp3) is 0.364. The van der Waals surface area contributed by atoms with E-state index in [1.807, 2.05) is 18.2 Å². The third-order valence-corrected chi connectivity index (χ3v) is 3.05. The highest BCUT2D eigenvalue weighted by molar-refractivity contribution is 14.1. The lowest BCUT2D eigenvalue weighted by Crippen LogP contribution is -2.04. The maximum atomic E-state index is 11.9. The third kappa shape index (κ3) is 1.92. The second-order valence-electron chi connectivity index (χ2n) is 3.48. The normalized spacial score (nSPS) is 15.3. The van der Waals surface area contributed by atoms with Crippen molar-refractivity contribution in [3.05, 3.63) is 27.3 Å². The van der Waals surface area contributed by atoms with Gasteiger partial charge in [-0.1, -0.05) is 0 Å². The van der Waals surface area contributed by atoms with Crippen molar-refractivity contribution >= 4 is 28.4 Å². The molecule has 0 bridgehead atoms. The number of rotatable bonds is 3. The van der Waals surface area contributed by atoms with Crippen LogP contribution in [0.25, 0.3) is 0 Å². The van der Waals surface area contributed by atoms with Gasteiger partial charge in [-0.25, -0.2) is 0 Å². The second-order valence-corrected chi connectivity index (χ2v) is 4.73. The lowest BCUT2D eigenvalue weighted by atomic mass is 10.1. The topological polar surface area (TPSA) is 26.3 Å². The van der Waals surface area contributed by atoms with E-state index in [0.717, 1.165) is 22.0 Å². The average molecular weight is 302 g/mol. The standard InChI is InChI=1S/C11H11IO2/c1-14-10-5-4-8(12)6-9(10)11(13)7-2-3-7/h4-7H,2-3H2,1H3. The van der Waals surface area contributed by atoms with Gasteiger partial charge in [0.15, 0.2) is 5.78 Å². The molecule has 2 rings (SSSR count). The van der Waals surface area contributed by atoms with Gasteiger partial charge in [0.2, 0.25) is 0 Å². The molecule has 0 spiro atoms. The number of ketones is 1. The molecule has 1 fully saturated rings. The largest absolute Gasteiger partial charge is 0.496 e. The van der Waals surface area contributed by atoms with Crippen molar-refractivity contribution in [3.8, 4) is 5.75 Å². The van der Waals surface area contributed by atoms with Crippen LogP contribution in [0.3, 0.4) is 0 Å². The highest BCUT2D eigenvalue weighted by atomic mass is 127. The number of methoxy groups -OCH3 is 1. The van der Waals surface area contributed by atoms with Gasteiger partial charge in [-0.05, 0) is 53.6 Å². The van der Waals surface area contributed by atoms with E-state index in [9.17, 15) is 4.79 Å². The van der Waals surface area contributed by atoms with Crippen molar-refractivity contribution in [2.75, 3.05) is 7.11 Å². The van der Waals surface area contributed by atoms with Crippen molar-refractivity contribution in [1.82, 2.24) is 0 Å². The predicted octanol–water partition coefficient (Wildman–Crippen LogP) is 2.89. The summed E-state index contributed by atoms with van der Waals surface area (Å²) in [6, 6.07) is 5.71. The molecule has 0 heterocycles. The molecule has 1 aliphatic rings. The first-order chi connectivity index (χ1) is 6.72. The van der Waals surface area contributed by atoms with Gasteiger partial charge in [0, 0.05) is 9.49 Å². The van der Waals surface area contributed by atoms with E-state index in [4.69, 9.17) is 4.74 Å². The SMILES string of the molecule is COc1ccc(I)cc1C(=O)C1CC1. The van der Waals surface area contributed by atoms with Crippen LogP contribution in [-0.4, -0.2) is 12.9 Å². The van der Waals surface area contributed by atoms with E-state index in [2.05, 4.69) is 22.6 Å². The number of hydrogen-bond acceptors (Lipinski definition) is 2. The number of halogens is 1. The van der Waals surface area contributed by atoms with Crippen LogP contribution in [0.15, 0.2) is 18.2 Å². The van der Waals surface area contributed by atoms with Crippen molar-refractivity contribution in [3.63, 3.8) is 0 Å². The molecule has 2 nitrogen and oxygen atoms in total. The minimum atomic E-state index is 0.236. The van der Waals surface area contributed by atoms with E-state index < -0.39 is 0 Å². The number of ether oxygens (including phenoxy) is 1. The minimum absolute atomic E-state index is 0.236. The summed E-state index contributed by atoms with van der Waals surface area (Å²) in [5, 5.41) is 0. The molecular formula is C11H11IO2. The Morgan fingerprint density at radius 2 is 2.21 bits per heavy atom. The van der Waals surface area contributed by atoms with E-state index in [-0.39, 0.29) is 11.7 Å². The van der Waals surface area contributed by atoms with E-state index >= 15 is 0 Å². The molecule has 0 aliphatic heterocycles. The zero-order valence-electron chi connectivity index (χ0n) is 7.92. The smallest absolute Gasteiger partial charge is 0.169 e. The van der Waals surface area contributed by atoms with E-state index in [1.165, 1.54) is 0 Å². The maximum absolute atomic E-state index is 11.9. The molecule has 0 radical (unpaired) electrons. The Bertz CT molecular complexity index is 370. The van der Waals surface area contributed by atoms with Crippen molar-refractivity contribution in [1.29, 1.82) is 0 Å². The van der Waals surface area contributed by atoms with Gasteiger partial charge < -0.3 is 4.74 Å². The maximum Gasteiger partial charge on any atom is 0.169 e. The zero-order valence-corrected chi connectivity index (χ0v) is 10.1. The van der Waals surface area contributed by atoms with Crippen LogP contribution in [0, 0.1) is 9.49 Å². The number of benzene rings is 1. The Kier molecular flexibility index (Phi) is 2.76. The summed E-state index contributed by atoms with van der Waals surface area (Å²) in [6.07, 6.45) is 2.07. The molecule has 0 unspecified atom stereocenters. The van der Waals surface area contributed by atoms with Gasteiger partial charge in [-0.3, -0.25) is 4.79 Å². The number of carbonyl (C=O) groups is 1. The number of carbonyl (C=O) groups excluding carboxylic acids is 1. The molecule has 14 heavy (non-hydrogen) atoms. The first kappa shape index (κ1) is 9.96. The van der Waals surface area contributed by atoms with Gasteiger partial charge in [0.1, 0.15) is 5.75 Å². The highest BCUT2D eigenvalue weighted by Gasteiger charge is 2.32. The first-order valence-electron chi connectivity index (χ1n) is 4.60. The highest BCUT2D eigenvalue weighted by Crippen LogP contribution is 2.35. The number of Topliss-reactive ketones (excluding diaryl/α,β-unsaturated/α-hetero) is 1. The lowest BCUT2D eigenvalue weighted by Gasteiger charge is -2.07. The molecule has 1 aromatic carbocycles. The van der Waals surface area contributed by atoms with Crippen LogP contribution >= 0.6 is 22.6 Å². The first-order valence-corrected chi connectivity index (χ1v) is 5.68. The van der Waals surface area contributed by atoms with Gasteiger partial charge in [-0.15, -0.1) is 0 Å². The lowest BCUT2D eigenvalue weighted by molar-refractivity contribution is 0.0964. The quantitative estimate of drug-likeness (QED) is 0.634. The van der Waals surface area contributed by atoms with Crippen molar-refractivity contribution in [2.24, 2.45) is 5.92 Å². The molecule has 0 N–H and O–H groups in total. The summed E-state index contributed by atoms with van der Waals surface area (Å²) in [6.45, 7) is 0. The fourth-order valence-electron chi connectivity index (χ4n) is 1.44. The van der Waals surface area contributed by atoms with Crippen molar-refractivity contribution in [2.45, 2.75) is 12.8 Å². The molecule has 0 atom stereocenters. The predicted molar refractivity (Wildman–Crippen MR) is 62.8 cm³/mol. The number of hydrogen-bond donors (Lipinski definition) is 0. The van der Waals surface area contributed by atoms with Crippen LogP contribution in [0.5, 0.6) is 5.75 Å². The molecule has 1 aromatic rings. The molecule has 1 saturated carbocycles. The molecule has 0 saturated heterocycles. The van der Waals surface area contributed by atoms with Crippen LogP contribution in [0.1, 0.15) is 23.2 Å². The Morgan fingerprint density at radius 3 is 2.79 bits per heavy atom. The summed E-state index contributed by atoms with van der Waals surface area (Å²) < 4.78 is 6.25. The van der Waals surface area contributed by atoms with Gasteiger partial charge in [0.25, 0.3) is 0 Å². The summed E-state index contributed by atoms with van der Waals surface area (Å²) in [4.78, 5) is 11.9. The minimum Gasteiger partial charge on any atom is -0.496 e. The summed E-state index contributed by atoms with van der Waals surface area (Å²) in [5.41, 5.74) is 0.738. The summed E-state index contributed by atoms with van der Waals surface area (Å²) >= 11 is 2.21. The fourth-order valence-corrected chi connectivity index (χ4v) is 1.93. The molecule has 0 aromatic heterocycles. The summed E-state index contributed by atoms with van der Waals surface area (Å²) in [7, 11) is 1.60. The van der Waals surface area contributed by atoms with E-state index in [0.29, 0.717) is 5.75 Å². The van der Waals surface area contributed by atoms with Gasteiger partial charge in [0.05, 0.1) is 12.7 Å². The van der Waals surface area contributed by atoms with E-state index in [1.54, 1.807) is 7.11 Å². The monoisotopic (exact) mass is 302 g/mol. The molecule has 3 heteroatoms. The Hall–Kier alpha value is -0.580. The Morgan fingerprint density at radius 1 is 1.50 bits per heavy atom. The van der Waals surface area contributed by atoms with Crippen LogP contribution in [0.2, 0.25) is 0 Å². The molecular weight excluding hydrogens is 291 g/mol. The Balaban J connectivity index is 2.37. The third-order valence-electron chi connectivity index (χ3n) is 2.38. The van der Waals surface area contributed by atoms with Crippen LogP contribution in [0.4, 0.5) is 0 Å². The summed E-state index contributed by atoms with van der Waals surface area (Å²) in [5.74, 6) is 1.18. The average Bonchev–Trinajstić information content (AvgIpc) is 3.00. The second kappa shape index (κ2) is 3.88. The van der Waals surface area contributed by atoms with Crippen molar-refractivity contribution < 1.29 is 9.53 Å². The zero-order chi connectivity index (χ0) is 10.1. The Labute approximate surface area is 96.8 Å². The molecule has 1 aliphatic carbocycles. The van der Waals surface area contributed by atoms with Crippen LogP contribution < -0.4 is 4.74 Å². The molecule has 0 amide bonds. The van der Waals surface area contributed by atoms with Gasteiger partial charge >= 0.3 is 0 Å². The van der Waals surface area contributed by atoms with Crippen LogP contribution in [-0.2, 0) is 0 Å².